The van der Waals surface area contributed by atoms with Crippen LogP contribution in [-0.2, 0) is 61.9 Å². The Balaban J connectivity index is 0.00000541. The zero-order valence-electron chi connectivity index (χ0n) is 27.5. The van der Waals surface area contributed by atoms with Crippen LogP contribution in [0, 0.1) is 27.7 Å². The fourth-order valence-electron chi connectivity index (χ4n) is 6.26. The number of rotatable bonds is 12. The second kappa shape index (κ2) is 15.0. The zero-order valence-corrected chi connectivity index (χ0v) is 28.4. The minimum atomic E-state index is -0.954. The Morgan fingerprint density at radius 3 is 1.02 bits per heavy atom. The first-order valence-corrected chi connectivity index (χ1v) is 15.6. The SMILES string of the molecule is Cc1c2[n-]c(c1CCC(=O)O)/C=c1\[n-]/c(c(CCC(=O)O)c1C)=C\c1[n-]c(c(CCC(=O)O)c1C)/C=c1\[n-]/c(c(CCC(=O)O)c1C)=C\2.[Cu]. The number of nitrogens with zero attached hydrogens (tertiary/aromatic N) is 4. The summed E-state index contributed by atoms with van der Waals surface area (Å²) in [6.07, 6.45) is 7.54. The maximum atomic E-state index is 11.6. The topological polar surface area (TPSA) is 206 Å². The van der Waals surface area contributed by atoms with Gasteiger partial charge in [0.1, 0.15) is 0 Å². The summed E-state index contributed by atoms with van der Waals surface area (Å²) in [5, 5.41) is 40.1. The monoisotopic (exact) mass is 715 g/mol. The van der Waals surface area contributed by atoms with Gasteiger partial charge in [0.05, 0.1) is 0 Å². The van der Waals surface area contributed by atoms with E-state index in [0.29, 0.717) is 44.2 Å². The van der Waals surface area contributed by atoms with E-state index in [1.54, 1.807) is 24.3 Å². The van der Waals surface area contributed by atoms with Crippen molar-refractivity contribution >= 4 is 48.2 Å². The summed E-state index contributed by atoms with van der Waals surface area (Å²) in [5.74, 6) is -3.82. The Kier molecular flexibility index (Phi) is 11.3. The van der Waals surface area contributed by atoms with Crippen LogP contribution in [0.4, 0.5) is 0 Å². The average Bonchev–Trinajstić information content (AvgIpc) is 3.66. The number of hydrogen-bond donors (Lipinski definition) is 4. The van der Waals surface area contributed by atoms with Crippen molar-refractivity contribution in [3.8, 4) is 0 Å². The molecule has 8 bridgehead atoms. The summed E-state index contributed by atoms with van der Waals surface area (Å²) in [4.78, 5) is 65.9. The maximum Gasteiger partial charge on any atom is 0.303 e. The third-order valence-corrected chi connectivity index (χ3v) is 9.00. The number of aromatic nitrogens is 4. The molecule has 0 atom stereocenters. The summed E-state index contributed by atoms with van der Waals surface area (Å²) in [6, 6.07) is 0. The van der Waals surface area contributed by atoms with Gasteiger partial charge >= 0.3 is 23.9 Å². The van der Waals surface area contributed by atoms with Crippen molar-refractivity contribution in [1.29, 1.82) is 0 Å². The number of carboxylic acid groups (broad SMARTS) is 4. The molecule has 5 heterocycles. The van der Waals surface area contributed by atoms with Gasteiger partial charge in [-0.15, -0.1) is 44.2 Å². The van der Waals surface area contributed by atoms with Crippen LogP contribution in [0.5, 0.6) is 0 Å². The van der Waals surface area contributed by atoms with Crippen LogP contribution >= 0.6 is 0 Å². The van der Waals surface area contributed by atoms with E-state index in [9.17, 15) is 39.6 Å². The Hall–Kier alpha value is -5.00. The van der Waals surface area contributed by atoms with Gasteiger partial charge in [0.25, 0.3) is 0 Å². The number of aliphatic carboxylic acids is 4. The Labute approximate surface area is 291 Å². The van der Waals surface area contributed by atoms with Crippen LogP contribution < -0.4 is 41.3 Å². The summed E-state index contributed by atoms with van der Waals surface area (Å²) in [6.45, 7) is 7.43. The molecule has 4 N–H and O–H groups in total. The van der Waals surface area contributed by atoms with E-state index in [1.807, 2.05) is 27.7 Å². The molecule has 263 valence electrons. The third kappa shape index (κ3) is 8.01. The van der Waals surface area contributed by atoms with Crippen molar-refractivity contribution < 1.29 is 56.7 Å². The second-order valence-corrected chi connectivity index (χ2v) is 12.1. The van der Waals surface area contributed by atoms with Gasteiger partial charge in [-0.2, -0.15) is 0 Å². The summed E-state index contributed by atoms with van der Waals surface area (Å²) < 4.78 is 0. The molecule has 0 aliphatic carbocycles. The Morgan fingerprint density at radius 1 is 0.429 bits per heavy atom. The summed E-state index contributed by atoms with van der Waals surface area (Å²) >= 11 is 0. The van der Waals surface area contributed by atoms with E-state index in [1.165, 1.54) is 0 Å². The molecule has 13 heteroatoms. The molecule has 1 aliphatic rings. The van der Waals surface area contributed by atoms with Crippen molar-refractivity contribution in [2.24, 2.45) is 0 Å². The minimum absolute atomic E-state index is 0. The molecule has 5 rings (SSSR count). The molecule has 0 spiro atoms. The van der Waals surface area contributed by atoms with Gasteiger partial charge in [-0.1, -0.05) is 68.8 Å². The van der Waals surface area contributed by atoms with E-state index < -0.39 is 23.9 Å². The number of fused-ring (bicyclic) bond motifs is 8. The van der Waals surface area contributed by atoms with Crippen molar-refractivity contribution in [2.45, 2.75) is 79.1 Å². The van der Waals surface area contributed by atoms with Gasteiger partial charge in [-0.25, -0.2) is 0 Å². The van der Waals surface area contributed by atoms with Gasteiger partial charge in [-0.05, 0) is 53.4 Å². The first-order chi connectivity index (χ1) is 22.7. The number of carboxylic acids is 4. The van der Waals surface area contributed by atoms with E-state index in [2.05, 4.69) is 0 Å². The van der Waals surface area contributed by atoms with Crippen LogP contribution in [0.15, 0.2) is 0 Å². The molecule has 0 aromatic carbocycles. The molecule has 0 saturated heterocycles. The zero-order chi connectivity index (χ0) is 34.9. The molecule has 1 aliphatic heterocycles. The summed E-state index contributed by atoms with van der Waals surface area (Å²) in [5.41, 5.74) is 8.16. The van der Waals surface area contributed by atoms with Crippen LogP contribution in [0.25, 0.3) is 24.3 Å². The average molecular weight is 716 g/mol. The normalized spacial score (nSPS) is 14.6. The molecule has 12 nitrogen and oxygen atoms in total. The van der Waals surface area contributed by atoms with Gasteiger partial charge in [-0.3, -0.25) is 19.2 Å². The predicted molar refractivity (Wildman–Crippen MR) is 175 cm³/mol. The molecule has 49 heavy (non-hydrogen) atoms. The number of carbonyl (C=O) groups is 4. The van der Waals surface area contributed by atoms with E-state index >= 15 is 0 Å². The van der Waals surface area contributed by atoms with Crippen LogP contribution in [0.3, 0.4) is 0 Å². The molecule has 0 amide bonds. The largest absolute Gasteiger partial charge is 0.657 e. The third-order valence-electron chi connectivity index (χ3n) is 9.00. The maximum absolute atomic E-state index is 11.6. The number of hydrogen-bond acceptors (Lipinski definition) is 4. The van der Waals surface area contributed by atoms with Crippen molar-refractivity contribution in [2.75, 3.05) is 0 Å². The van der Waals surface area contributed by atoms with Crippen molar-refractivity contribution in [3.05, 3.63) is 88.7 Å². The van der Waals surface area contributed by atoms with Crippen LogP contribution in [0.2, 0.25) is 0 Å². The van der Waals surface area contributed by atoms with Gasteiger partial charge in [0.15, 0.2) is 0 Å². The Bertz CT molecular complexity index is 2060. The molecule has 1 radical (unpaired) electrons. The van der Waals surface area contributed by atoms with Gasteiger partial charge < -0.3 is 40.4 Å². The molecular weight excluding hydrogens is 680 g/mol. The minimum Gasteiger partial charge on any atom is -0.657 e. The molecule has 0 unspecified atom stereocenters. The molecule has 4 aromatic heterocycles. The van der Waals surface area contributed by atoms with E-state index in [4.69, 9.17) is 19.9 Å². The first kappa shape index (κ1) is 36.8. The smallest absolute Gasteiger partial charge is 0.303 e. The van der Waals surface area contributed by atoms with Crippen molar-refractivity contribution in [3.63, 3.8) is 0 Å². The standard InChI is InChI=1S/C36H36N4O8.Cu/c1-17-21(5-9-33(41)42)29-14-26-19(3)23(7-11-35(45)46)31(39-26)16-28-20(4)24(8-12-36(47)48)32(40-28)15-27-18(2)22(6-10-34(43)44)30(38-27)13-25(17)37-29;/h13-16H,5-12H2,1-4H3,(H,41,42)(H,43,44)(H,45,46)(H,47,48);/q-4;/b25-13-,26-14?,27-15?,28-16-,29-14-,30-13?,31-16?,32-15-;. The van der Waals surface area contributed by atoms with Gasteiger partial charge in [0.2, 0.25) is 0 Å². The fourth-order valence-corrected chi connectivity index (χ4v) is 6.26. The molecular formula is C36H36CuN4O8-4. The molecule has 0 saturated carbocycles. The fraction of sp³-hybridized carbons (Fsp3) is 0.333. The van der Waals surface area contributed by atoms with Crippen LogP contribution in [-0.4, -0.2) is 44.3 Å². The summed E-state index contributed by atoms with van der Waals surface area (Å²) in [7, 11) is 0. The Morgan fingerprint density at radius 2 is 0.714 bits per heavy atom. The van der Waals surface area contributed by atoms with Gasteiger partial charge in [0, 0.05) is 42.8 Å². The molecule has 4 aromatic rings. The quantitative estimate of drug-likeness (QED) is 0.130. The first-order valence-electron chi connectivity index (χ1n) is 15.6. The van der Waals surface area contributed by atoms with Crippen molar-refractivity contribution in [1.82, 2.24) is 19.9 Å². The van der Waals surface area contributed by atoms with E-state index in [-0.39, 0.29) is 68.4 Å². The predicted octanol–water partition coefficient (Wildman–Crippen LogP) is 0.444. The van der Waals surface area contributed by atoms with Crippen LogP contribution in [0.1, 0.15) is 93.0 Å². The molecule has 0 fully saturated rings. The second-order valence-electron chi connectivity index (χ2n) is 12.1. The van der Waals surface area contributed by atoms with E-state index in [0.717, 1.165) is 44.5 Å².